The van der Waals surface area contributed by atoms with E-state index in [9.17, 15) is 0 Å². The minimum absolute atomic E-state index is 0.752. The van der Waals surface area contributed by atoms with Crippen LogP contribution in [0.2, 0.25) is 0 Å². The highest BCUT2D eigenvalue weighted by Gasteiger charge is 2.20. The Kier molecular flexibility index (Phi) is 2.33. The summed E-state index contributed by atoms with van der Waals surface area (Å²) in [7, 11) is 0. The van der Waals surface area contributed by atoms with Gasteiger partial charge in [0.25, 0.3) is 0 Å². The zero-order valence-corrected chi connectivity index (χ0v) is 8.86. The first kappa shape index (κ1) is 8.45. The van der Waals surface area contributed by atoms with Gasteiger partial charge in [0, 0.05) is 10.6 Å². The molecule has 2 rings (SSSR count). The maximum atomic E-state index is 5.14. The van der Waals surface area contributed by atoms with Crippen molar-refractivity contribution in [3.05, 3.63) is 14.5 Å². The minimum Gasteiger partial charge on any atom is -0.340 e. The van der Waals surface area contributed by atoms with E-state index in [2.05, 4.69) is 11.9 Å². The highest BCUT2D eigenvalue weighted by atomic mass is 32.1. The van der Waals surface area contributed by atoms with E-state index >= 15 is 0 Å². The van der Waals surface area contributed by atoms with Gasteiger partial charge in [0.15, 0.2) is 3.95 Å². The van der Waals surface area contributed by atoms with E-state index in [0.29, 0.717) is 0 Å². The minimum atomic E-state index is 0.752. The van der Waals surface area contributed by atoms with E-state index in [1.165, 1.54) is 36.3 Å². The number of hydrogen-bond acceptors (Lipinski definition) is 2. The molecule has 0 radical (unpaired) electrons. The summed E-state index contributed by atoms with van der Waals surface area (Å²) in [4.78, 5) is 4.84. The molecule has 0 saturated carbocycles. The highest BCUT2D eigenvalue weighted by Crippen LogP contribution is 2.35. The molecule has 1 aliphatic carbocycles. The molecule has 66 valence electrons. The molecule has 1 atom stereocenters. The van der Waals surface area contributed by atoms with Crippen LogP contribution in [0.15, 0.2) is 0 Å². The van der Waals surface area contributed by atoms with Crippen LogP contribution < -0.4 is 0 Å². The summed E-state index contributed by atoms with van der Waals surface area (Å²) in [6.07, 6.45) is 5.17. The molecule has 12 heavy (non-hydrogen) atoms. The van der Waals surface area contributed by atoms with Crippen LogP contribution in [0, 0.1) is 3.95 Å². The first-order valence-electron chi connectivity index (χ1n) is 4.53. The van der Waals surface area contributed by atoms with Crippen LogP contribution in [-0.4, -0.2) is 4.98 Å². The van der Waals surface area contributed by atoms with Crippen molar-refractivity contribution in [2.24, 2.45) is 0 Å². The monoisotopic (exact) mass is 199 g/mol. The van der Waals surface area contributed by atoms with E-state index in [1.807, 2.05) is 0 Å². The summed E-state index contributed by atoms with van der Waals surface area (Å²) in [5.41, 5.74) is 1.44. The standard InChI is InChI=1S/C9H13NS2/c1-2-6-4-3-5-7-8(6)10-9(11)12-7/h6H,2-5H2,1H3,(H,10,11). The number of thiazole rings is 1. The van der Waals surface area contributed by atoms with E-state index in [-0.39, 0.29) is 0 Å². The van der Waals surface area contributed by atoms with Gasteiger partial charge in [-0.1, -0.05) is 6.92 Å². The zero-order valence-electron chi connectivity index (χ0n) is 7.22. The van der Waals surface area contributed by atoms with Crippen LogP contribution in [-0.2, 0) is 6.42 Å². The lowest BCUT2D eigenvalue weighted by Gasteiger charge is -2.19. The van der Waals surface area contributed by atoms with Gasteiger partial charge in [0.2, 0.25) is 0 Å². The number of nitrogens with one attached hydrogen (secondary N) is 1. The largest absolute Gasteiger partial charge is 0.340 e. The third kappa shape index (κ3) is 1.36. The predicted molar refractivity (Wildman–Crippen MR) is 55.5 cm³/mol. The Morgan fingerprint density at radius 3 is 3.25 bits per heavy atom. The van der Waals surface area contributed by atoms with Crippen LogP contribution in [0.4, 0.5) is 0 Å². The number of fused-ring (bicyclic) bond motifs is 1. The molecule has 1 nitrogen and oxygen atoms in total. The second kappa shape index (κ2) is 3.30. The maximum absolute atomic E-state index is 5.14. The molecule has 0 amide bonds. The number of aromatic amines is 1. The number of hydrogen-bond donors (Lipinski definition) is 1. The fourth-order valence-corrected chi connectivity index (χ4v) is 3.32. The summed E-state index contributed by atoms with van der Waals surface area (Å²) in [6, 6.07) is 0. The van der Waals surface area contributed by atoms with Crippen molar-refractivity contribution in [3.63, 3.8) is 0 Å². The quantitative estimate of drug-likeness (QED) is 0.683. The molecule has 1 aromatic heterocycles. The third-order valence-corrected chi connectivity index (χ3v) is 3.92. The topological polar surface area (TPSA) is 15.8 Å². The summed E-state index contributed by atoms with van der Waals surface area (Å²) < 4.78 is 0.959. The van der Waals surface area contributed by atoms with Crippen molar-refractivity contribution in [1.82, 2.24) is 4.98 Å². The lowest BCUT2D eigenvalue weighted by atomic mass is 9.89. The molecule has 1 heterocycles. The van der Waals surface area contributed by atoms with Gasteiger partial charge in [-0.3, -0.25) is 0 Å². The molecule has 1 aromatic rings. The van der Waals surface area contributed by atoms with Crippen molar-refractivity contribution < 1.29 is 0 Å². The number of aryl methyl sites for hydroxylation is 1. The molecule has 0 aromatic carbocycles. The van der Waals surface area contributed by atoms with Gasteiger partial charge in [0.05, 0.1) is 0 Å². The first-order valence-corrected chi connectivity index (χ1v) is 5.75. The van der Waals surface area contributed by atoms with Crippen LogP contribution >= 0.6 is 23.6 Å². The second-order valence-electron chi connectivity index (χ2n) is 3.35. The van der Waals surface area contributed by atoms with Gasteiger partial charge >= 0.3 is 0 Å². The lowest BCUT2D eigenvalue weighted by molar-refractivity contribution is 0.533. The molecule has 1 aliphatic rings. The Morgan fingerprint density at radius 1 is 1.67 bits per heavy atom. The average molecular weight is 199 g/mol. The average Bonchev–Trinajstić information content (AvgIpc) is 2.44. The van der Waals surface area contributed by atoms with E-state index in [0.717, 1.165) is 9.87 Å². The van der Waals surface area contributed by atoms with Gasteiger partial charge in [-0.2, -0.15) is 0 Å². The number of H-pyrrole nitrogens is 1. The summed E-state index contributed by atoms with van der Waals surface area (Å²) >= 11 is 6.91. The smallest absolute Gasteiger partial charge is 0.158 e. The first-order chi connectivity index (χ1) is 5.81. The summed E-state index contributed by atoms with van der Waals surface area (Å²) in [6.45, 7) is 2.26. The second-order valence-corrected chi connectivity index (χ2v) is 5.12. The maximum Gasteiger partial charge on any atom is 0.158 e. The number of aromatic nitrogens is 1. The molecule has 3 heteroatoms. The molecule has 0 aliphatic heterocycles. The Morgan fingerprint density at radius 2 is 2.50 bits per heavy atom. The fourth-order valence-electron chi connectivity index (χ4n) is 1.95. The van der Waals surface area contributed by atoms with Crippen molar-refractivity contribution >= 4 is 23.6 Å². The number of rotatable bonds is 1. The molecule has 0 bridgehead atoms. The highest BCUT2D eigenvalue weighted by molar-refractivity contribution is 7.73. The normalized spacial score (nSPS) is 22.2. The summed E-state index contributed by atoms with van der Waals surface area (Å²) in [5.74, 6) is 0.752. The molecular weight excluding hydrogens is 186 g/mol. The SMILES string of the molecule is CCC1CCCc2sc(=S)[nH]c21. The van der Waals surface area contributed by atoms with E-state index in [1.54, 1.807) is 11.3 Å². The lowest BCUT2D eigenvalue weighted by Crippen LogP contribution is -2.07. The molecular formula is C9H13NS2. The Balaban J connectivity index is 2.43. The van der Waals surface area contributed by atoms with Gasteiger partial charge in [-0.25, -0.2) is 0 Å². The van der Waals surface area contributed by atoms with Crippen molar-refractivity contribution in [2.75, 3.05) is 0 Å². The third-order valence-electron chi connectivity index (χ3n) is 2.61. The van der Waals surface area contributed by atoms with Crippen molar-refractivity contribution in [3.8, 4) is 0 Å². The van der Waals surface area contributed by atoms with Gasteiger partial charge in [0.1, 0.15) is 0 Å². The zero-order chi connectivity index (χ0) is 8.55. The molecule has 1 unspecified atom stereocenters. The van der Waals surface area contributed by atoms with Crippen molar-refractivity contribution in [1.29, 1.82) is 0 Å². The van der Waals surface area contributed by atoms with E-state index < -0.39 is 0 Å². The van der Waals surface area contributed by atoms with Gasteiger partial charge in [-0.15, -0.1) is 11.3 Å². The van der Waals surface area contributed by atoms with Crippen LogP contribution in [0.25, 0.3) is 0 Å². The predicted octanol–water partition coefficient (Wildman–Crippen LogP) is 3.64. The molecule has 1 N–H and O–H groups in total. The van der Waals surface area contributed by atoms with Gasteiger partial charge < -0.3 is 4.98 Å². The van der Waals surface area contributed by atoms with Crippen molar-refractivity contribution in [2.45, 2.75) is 38.5 Å². The summed E-state index contributed by atoms with van der Waals surface area (Å²) in [5, 5.41) is 0. The molecule has 0 fully saturated rings. The van der Waals surface area contributed by atoms with E-state index in [4.69, 9.17) is 12.2 Å². The fraction of sp³-hybridized carbons (Fsp3) is 0.667. The van der Waals surface area contributed by atoms with Crippen LogP contribution in [0.1, 0.15) is 42.7 Å². The van der Waals surface area contributed by atoms with Crippen LogP contribution in [0.5, 0.6) is 0 Å². The Hall–Kier alpha value is -0.150. The van der Waals surface area contributed by atoms with Gasteiger partial charge in [-0.05, 0) is 43.8 Å². The Bertz CT molecular complexity index is 324. The van der Waals surface area contributed by atoms with Crippen LogP contribution in [0.3, 0.4) is 0 Å². The molecule has 0 spiro atoms. The Labute approximate surface area is 81.8 Å². The molecule has 0 saturated heterocycles.